The second kappa shape index (κ2) is 6.62. The summed E-state index contributed by atoms with van der Waals surface area (Å²) in [5.41, 5.74) is 4.98. The maximum Gasteiger partial charge on any atom is 0.236 e. The Balaban J connectivity index is 1.38. The number of amides is 1. The summed E-state index contributed by atoms with van der Waals surface area (Å²) in [6.45, 7) is 4.37. The lowest BCUT2D eigenvalue weighted by Crippen LogP contribution is -2.28. The summed E-state index contributed by atoms with van der Waals surface area (Å²) in [6, 6.07) is 15.9. The minimum absolute atomic E-state index is 0.0214. The Bertz CT molecular complexity index is 1120. The standard InChI is InChI=1S/C24H22N2O3/c1-15-5-3-4-6-18(15)19-13-25-22(11-16(19)2)26-23(27)24(9-10-24)17-7-8-20-21(12-17)29-14-28-20/h3-8,11-13H,9-10,14H2,1-2H3,(H,25,26,27). The van der Waals surface area contributed by atoms with Gasteiger partial charge in [0.1, 0.15) is 5.82 Å². The normalized spacial score (nSPS) is 15.8. The van der Waals surface area contributed by atoms with E-state index in [0.717, 1.165) is 40.8 Å². The van der Waals surface area contributed by atoms with Gasteiger partial charge in [0.05, 0.1) is 5.41 Å². The summed E-state index contributed by atoms with van der Waals surface area (Å²) >= 11 is 0. The summed E-state index contributed by atoms with van der Waals surface area (Å²) in [7, 11) is 0. The third-order valence-corrected chi connectivity index (χ3v) is 5.90. The van der Waals surface area contributed by atoms with Crippen LogP contribution in [-0.2, 0) is 10.2 Å². The van der Waals surface area contributed by atoms with E-state index in [1.807, 2.05) is 49.5 Å². The van der Waals surface area contributed by atoms with Gasteiger partial charge in [-0.15, -0.1) is 0 Å². The van der Waals surface area contributed by atoms with Crippen LogP contribution in [0.5, 0.6) is 11.5 Å². The van der Waals surface area contributed by atoms with Crippen LogP contribution in [0.15, 0.2) is 54.7 Å². The fourth-order valence-electron chi connectivity index (χ4n) is 3.98. The number of nitrogens with one attached hydrogen (secondary N) is 1. The summed E-state index contributed by atoms with van der Waals surface area (Å²) in [5, 5.41) is 3.02. The largest absolute Gasteiger partial charge is 0.454 e. The number of rotatable bonds is 4. The minimum atomic E-state index is -0.509. The first-order valence-corrected chi connectivity index (χ1v) is 9.81. The summed E-state index contributed by atoms with van der Waals surface area (Å²) in [4.78, 5) is 17.6. The predicted molar refractivity (Wildman–Crippen MR) is 111 cm³/mol. The number of aryl methyl sites for hydroxylation is 2. The molecule has 5 nitrogen and oxygen atoms in total. The Morgan fingerprint density at radius 1 is 0.966 bits per heavy atom. The van der Waals surface area contributed by atoms with Gasteiger partial charge in [0.25, 0.3) is 0 Å². The van der Waals surface area contributed by atoms with E-state index in [1.54, 1.807) is 0 Å². The molecule has 0 radical (unpaired) electrons. The van der Waals surface area contributed by atoms with Crippen LogP contribution in [0.25, 0.3) is 11.1 Å². The molecule has 1 N–H and O–H groups in total. The Hall–Kier alpha value is -3.34. The maximum atomic E-state index is 13.1. The molecular weight excluding hydrogens is 364 g/mol. The van der Waals surface area contributed by atoms with E-state index in [-0.39, 0.29) is 12.7 Å². The Kier molecular flexibility index (Phi) is 4.05. The molecule has 1 amide bonds. The first-order chi connectivity index (χ1) is 14.1. The van der Waals surface area contributed by atoms with Crippen LogP contribution in [0.3, 0.4) is 0 Å². The van der Waals surface area contributed by atoms with Crippen LogP contribution in [0.4, 0.5) is 5.82 Å². The highest BCUT2D eigenvalue weighted by Crippen LogP contribution is 2.51. The lowest BCUT2D eigenvalue weighted by Gasteiger charge is -2.17. The quantitative estimate of drug-likeness (QED) is 0.702. The van der Waals surface area contributed by atoms with Crippen molar-refractivity contribution in [3.63, 3.8) is 0 Å². The van der Waals surface area contributed by atoms with Crippen LogP contribution in [-0.4, -0.2) is 17.7 Å². The zero-order chi connectivity index (χ0) is 20.0. The Labute approximate surface area is 169 Å². The van der Waals surface area contributed by atoms with Gasteiger partial charge >= 0.3 is 0 Å². The number of fused-ring (bicyclic) bond motifs is 1. The molecule has 0 atom stereocenters. The van der Waals surface area contributed by atoms with Crippen molar-refractivity contribution in [1.82, 2.24) is 4.98 Å². The van der Waals surface area contributed by atoms with Crippen LogP contribution >= 0.6 is 0 Å². The number of aromatic nitrogens is 1. The zero-order valence-corrected chi connectivity index (χ0v) is 16.5. The highest BCUT2D eigenvalue weighted by molar-refractivity contribution is 6.01. The molecule has 1 aliphatic heterocycles. The SMILES string of the molecule is Cc1ccccc1-c1cnc(NC(=O)C2(c3ccc4c(c3)OCO4)CC2)cc1C. The molecule has 1 saturated carbocycles. The molecule has 3 aromatic rings. The predicted octanol–water partition coefficient (Wildman–Crippen LogP) is 4.76. The van der Waals surface area contributed by atoms with Gasteiger partial charge < -0.3 is 14.8 Å². The van der Waals surface area contributed by atoms with Crippen molar-refractivity contribution in [2.24, 2.45) is 0 Å². The van der Waals surface area contributed by atoms with Gasteiger partial charge in [0.15, 0.2) is 11.5 Å². The molecule has 1 fully saturated rings. The Morgan fingerprint density at radius 3 is 2.52 bits per heavy atom. The van der Waals surface area contributed by atoms with Crippen LogP contribution in [0.1, 0.15) is 29.5 Å². The fourth-order valence-corrected chi connectivity index (χ4v) is 3.98. The average molecular weight is 386 g/mol. The molecule has 0 unspecified atom stereocenters. The lowest BCUT2D eigenvalue weighted by atomic mass is 9.94. The van der Waals surface area contributed by atoms with Crippen molar-refractivity contribution in [3.8, 4) is 22.6 Å². The number of hydrogen-bond donors (Lipinski definition) is 1. The monoisotopic (exact) mass is 386 g/mol. The molecular formula is C24H22N2O3. The fraction of sp³-hybridized carbons (Fsp3) is 0.250. The Morgan fingerprint density at radius 2 is 1.76 bits per heavy atom. The van der Waals surface area contributed by atoms with E-state index < -0.39 is 5.41 Å². The van der Waals surface area contributed by atoms with Crippen molar-refractivity contribution in [2.75, 3.05) is 12.1 Å². The van der Waals surface area contributed by atoms with Gasteiger partial charge in [-0.1, -0.05) is 30.3 Å². The molecule has 5 rings (SSSR count). The van der Waals surface area contributed by atoms with E-state index in [4.69, 9.17) is 9.47 Å². The molecule has 29 heavy (non-hydrogen) atoms. The third-order valence-electron chi connectivity index (χ3n) is 5.90. The smallest absolute Gasteiger partial charge is 0.236 e. The number of anilines is 1. The number of hydrogen-bond acceptors (Lipinski definition) is 4. The second-order valence-corrected chi connectivity index (χ2v) is 7.80. The minimum Gasteiger partial charge on any atom is -0.454 e. The summed E-state index contributed by atoms with van der Waals surface area (Å²) in [5.74, 6) is 2.00. The topological polar surface area (TPSA) is 60.5 Å². The van der Waals surface area contributed by atoms with Crippen molar-refractivity contribution < 1.29 is 14.3 Å². The molecule has 0 spiro atoms. The van der Waals surface area contributed by atoms with Crippen LogP contribution in [0.2, 0.25) is 0 Å². The molecule has 1 aliphatic carbocycles. The third kappa shape index (κ3) is 3.03. The molecule has 2 aromatic carbocycles. The number of carbonyl (C=O) groups is 1. The van der Waals surface area contributed by atoms with Gasteiger partial charge in [-0.2, -0.15) is 0 Å². The first-order valence-electron chi connectivity index (χ1n) is 9.81. The van der Waals surface area contributed by atoms with E-state index in [9.17, 15) is 4.79 Å². The second-order valence-electron chi connectivity index (χ2n) is 7.80. The molecule has 5 heteroatoms. The number of pyridine rings is 1. The summed E-state index contributed by atoms with van der Waals surface area (Å²) < 4.78 is 10.9. The van der Waals surface area contributed by atoms with Gasteiger partial charge in [-0.05, 0) is 67.1 Å². The summed E-state index contributed by atoms with van der Waals surface area (Å²) in [6.07, 6.45) is 3.48. The highest BCUT2D eigenvalue weighted by Gasteiger charge is 2.51. The first kappa shape index (κ1) is 17.7. The van der Waals surface area contributed by atoms with Crippen molar-refractivity contribution in [2.45, 2.75) is 32.1 Å². The number of carbonyl (C=O) groups excluding carboxylic acids is 1. The number of nitrogens with zero attached hydrogens (tertiary/aromatic N) is 1. The van der Waals surface area contributed by atoms with Gasteiger partial charge in [0, 0.05) is 11.8 Å². The van der Waals surface area contributed by atoms with Gasteiger partial charge in [-0.25, -0.2) is 4.98 Å². The zero-order valence-electron chi connectivity index (χ0n) is 16.5. The van der Waals surface area contributed by atoms with Crippen molar-refractivity contribution in [1.29, 1.82) is 0 Å². The van der Waals surface area contributed by atoms with Crippen molar-refractivity contribution in [3.05, 3.63) is 71.4 Å². The van der Waals surface area contributed by atoms with Gasteiger partial charge in [-0.3, -0.25) is 4.79 Å². The van der Waals surface area contributed by atoms with Crippen molar-refractivity contribution >= 4 is 11.7 Å². The molecule has 146 valence electrons. The van der Waals surface area contributed by atoms with E-state index in [2.05, 4.69) is 29.4 Å². The van der Waals surface area contributed by atoms with E-state index >= 15 is 0 Å². The number of benzene rings is 2. The van der Waals surface area contributed by atoms with Gasteiger partial charge in [0.2, 0.25) is 12.7 Å². The molecule has 1 aromatic heterocycles. The average Bonchev–Trinajstić information content (AvgIpc) is 3.40. The number of ether oxygens (including phenoxy) is 2. The molecule has 2 aliphatic rings. The lowest BCUT2D eigenvalue weighted by molar-refractivity contribution is -0.118. The highest BCUT2D eigenvalue weighted by atomic mass is 16.7. The van der Waals surface area contributed by atoms with E-state index in [1.165, 1.54) is 5.56 Å². The van der Waals surface area contributed by atoms with Crippen LogP contribution in [0, 0.1) is 13.8 Å². The molecule has 0 saturated heterocycles. The van der Waals surface area contributed by atoms with Crippen LogP contribution < -0.4 is 14.8 Å². The maximum absolute atomic E-state index is 13.1. The van der Waals surface area contributed by atoms with E-state index in [0.29, 0.717) is 11.6 Å². The molecule has 0 bridgehead atoms. The molecule has 2 heterocycles.